The standard InChI is InChI=1S/C48H32N2.2C46H30N4/c1-3-15-41(16-4-1)49(43-25-23-33-11-7-9-13-35(33)27-43)45-29-37-19-21-39-31-46(32-40-22-20-38(30-45)47(37)48(39)40)50(42-17-5-2-6-18-42)44-26-24-34-12-8-10-14-36(34)28-44;1-3-15-37(16-4-1)49(41-19-7-11-31-13-9-25-47-45(31)41)39-27-33-21-23-35-29-40(30-36-24-22-34(28-39)43(33)44(35)36)50(38-17-5-2-6-18-38)42-20-8-12-32-14-10-26-48-46(32)42;1-3-13-37(14-4-1)49(43-29-47-27-35-11-7-9-17-41(35)43)39-23-31-19-21-33-25-40(26-34-22-20-32(24-39)45(31)46(33)34)50(38-15-5-2-6-16-38)44-30-48-28-36-12-8-10-18-42(36)44/h1-32H;2*1-30H. The van der Waals surface area contributed by atoms with Crippen molar-refractivity contribution in [3.05, 3.63) is 559 Å². The summed E-state index contributed by atoms with van der Waals surface area (Å²) in [6.07, 6.45) is 11.6. The van der Waals surface area contributed by atoms with Crippen LogP contribution >= 0.6 is 0 Å². The maximum absolute atomic E-state index is 4.83. The second-order valence-electron chi connectivity index (χ2n) is 38.5. The molecule has 702 valence electrons. The van der Waals surface area contributed by atoms with E-state index in [-0.39, 0.29) is 0 Å². The van der Waals surface area contributed by atoms with Crippen LogP contribution in [-0.2, 0) is 0 Å². The van der Waals surface area contributed by atoms with Crippen LogP contribution in [0.5, 0.6) is 0 Å². The van der Waals surface area contributed by atoms with Crippen LogP contribution in [0.1, 0.15) is 0 Å². The predicted molar refractivity (Wildman–Crippen MR) is 635 cm³/mol. The predicted octanol–water partition coefficient (Wildman–Crippen LogP) is 39.1. The quantitative estimate of drug-likeness (QED) is 0.0776. The Balaban J connectivity index is 0.000000108. The molecule has 30 aromatic rings. The van der Waals surface area contributed by atoms with Gasteiger partial charge in [0.25, 0.3) is 0 Å². The highest BCUT2D eigenvalue weighted by Gasteiger charge is 2.28. The Bertz CT molecular complexity index is 9160. The molecule has 0 atom stereocenters. The smallest absolute Gasteiger partial charge is 0.0942 e. The Morgan fingerprint density at radius 3 is 0.607 bits per heavy atom. The molecule has 30 rings (SSSR count). The minimum atomic E-state index is 0.973. The lowest BCUT2D eigenvalue weighted by molar-refractivity contribution is 1.26. The first-order valence-electron chi connectivity index (χ1n) is 51.0. The van der Waals surface area contributed by atoms with Gasteiger partial charge in [0.05, 0.1) is 46.2 Å². The summed E-state index contributed by atoms with van der Waals surface area (Å²) in [4.78, 5) is 33.0. The van der Waals surface area contributed by atoms with Gasteiger partial charge in [-0.2, -0.15) is 0 Å². The Labute approximate surface area is 866 Å². The zero-order valence-electron chi connectivity index (χ0n) is 81.6. The Kier molecular flexibility index (Phi) is 21.7. The van der Waals surface area contributed by atoms with Gasteiger partial charge in [0, 0.05) is 137 Å². The zero-order valence-corrected chi connectivity index (χ0v) is 81.6. The van der Waals surface area contributed by atoms with Crippen molar-refractivity contribution in [2.75, 3.05) is 29.4 Å². The van der Waals surface area contributed by atoms with Crippen molar-refractivity contribution in [1.82, 2.24) is 19.9 Å². The summed E-state index contributed by atoms with van der Waals surface area (Å²) in [6.45, 7) is 0. The molecular weight excluding hydrogens is 1820 g/mol. The second kappa shape index (κ2) is 37.2. The molecule has 0 radical (unpaired) electrons. The van der Waals surface area contributed by atoms with Gasteiger partial charge in [0.2, 0.25) is 0 Å². The molecule has 150 heavy (non-hydrogen) atoms. The third kappa shape index (κ3) is 15.7. The summed E-state index contributed by atoms with van der Waals surface area (Å²) < 4.78 is 0. The summed E-state index contributed by atoms with van der Waals surface area (Å²) in [5.41, 5.74) is 21.7. The molecule has 10 nitrogen and oxygen atoms in total. The van der Waals surface area contributed by atoms with E-state index in [0.717, 1.165) is 146 Å². The number of rotatable bonds is 18. The normalized spacial score (nSPS) is 11.6. The minimum Gasteiger partial charge on any atom is -0.310 e. The van der Waals surface area contributed by atoms with Crippen molar-refractivity contribution in [2.45, 2.75) is 0 Å². The van der Waals surface area contributed by atoms with E-state index in [1.165, 1.54) is 118 Å². The molecule has 0 aliphatic rings. The van der Waals surface area contributed by atoms with Gasteiger partial charge in [-0.3, -0.25) is 19.9 Å². The average molecular weight is 1910 g/mol. The lowest BCUT2D eigenvalue weighted by Crippen LogP contribution is -2.11. The van der Waals surface area contributed by atoms with Crippen molar-refractivity contribution in [3.63, 3.8) is 0 Å². The molecule has 0 N–H and O–H groups in total. The van der Waals surface area contributed by atoms with E-state index in [1.807, 2.05) is 49.3 Å². The van der Waals surface area contributed by atoms with E-state index in [1.54, 1.807) is 0 Å². The number of aromatic nitrogens is 4. The van der Waals surface area contributed by atoms with Crippen molar-refractivity contribution in [3.8, 4) is 0 Å². The molecule has 0 bridgehead atoms. The fourth-order valence-corrected chi connectivity index (χ4v) is 23.0. The van der Waals surface area contributed by atoms with Crippen molar-refractivity contribution >= 4 is 264 Å². The van der Waals surface area contributed by atoms with Crippen LogP contribution in [0.25, 0.3) is 162 Å². The number of hydrogen-bond acceptors (Lipinski definition) is 10. The van der Waals surface area contributed by atoms with Gasteiger partial charge in [-0.25, -0.2) is 0 Å². The number of benzene rings is 26. The van der Waals surface area contributed by atoms with Gasteiger partial charge in [0.15, 0.2) is 0 Å². The van der Waals surface area contributed by atoms with E-state index < -0.39 is 0 Å². The number of fused-ring (bicyclic) bond motifs is 6. The molecule has 0 saturated carbocycles. The van der Waals surface area contributed by atoms with Crippen LogP contribution < -0.4 is 29.4 Å². The number of pyridine rings is 4. The molecule has 26 aromatic carbocycles. The first kappa shape index (κ1) is 87.6. The van der Waals surface area contributed by atoms with Crippen LogP contribution in [0.4, 0.5) is 102 Å². The third-order valence-corrected chi connectivity index (χ3v) is 29.6. The van der Waals surface area contributed by atoms with Crippen molar-refractivity contribution in [1.29, 1.82) is 0 Å². The van der Waals surface area contributed by atoms with E-state index in [9.17, 15) is 0 Å². The maximum atomic E-state index is 4.83. The third-order valence-electron chi connectivity index (χ3n) is 29.6. The number of anilines is 18. The molecule has 0 unspecified atom stereocenters. The lowest BCUT2D eigenvalue weighted by atomic mass is 9.92. The Morgan fingerprint density at radius 2 is 0.327 bits per heavy atom. The van der Waals surface area contributed by atoms with Crippen LogP contribution in [0.2, 0.25) is 0 Å². The molecule has 4 heterocycles. The monoisotopic (exact) mass is 1910 g/mol. The topological polar surface area (TPSA) is 71.0 Å². The Hall–Kier alpha value is -20.2. The van der Waals surface area contributed by atoms with Gasteiger partial charge < -0.3 is 29.4 Å². The number of hydrogen-bond donors (Lipinski definition) is 0. The number of para-hydroxylation sites is 8. The SMILES string of the molecule is c1ccc(N(c2cc3ccc4cc(N(c5ccccc5)c5cccc6cccnc56)cc5ccc(c2)c3c45)c2cccc3cccnc23)cc1.c1ccc(N(c2cc3ccc4cc(N(c5ccccc5)c5cncc6ccccc56)cc5ccc(c2)c3c45)c2cncc3ccccc23)cc1.c1ccc(N(c2ccc3ccccc3c2)c2cc3ccc4cc(N(c5ccccc5)c5ccc6ccccc6c5)cc5ccc(c2)c3c45)cc1. The highest BCUT2D eigenvalue weighted by atomic mass is 15.2. The van der Waals surface area contributed by atoms with E-state index in [2.05, 4.69) is 549 Å². The molecule has 10 heteroatoms. The van der Waals surface area contributed by atoms with Gasteiger partial charge in [-0.1, -0.05) is 328 Å². The fourth-order valence-electron chi connectivity index (χ4n) is 23.0. The van der Waals surface area contributed by atoms with Crippen LogP contribution in [-0.4, -0.2) is 19.9 Å². The maximum Gasteiger partial charge on any atom is 0.0942 e. The highest BCUT2D eigenvalue weighted by molar-refractivity contribution is 6.28. The molecule has 0 fully saturated rings. The van der Waals surface area contributed by atoms with Crippen molar-refractivity contribution < 1.29 is 0 Å². The summed E-state index contributed by atoms with van der Waals surface area (Å²) in [5.74, 6) is 0. The molecule has 0 aliphatic heterocycles. The molecule has 0 saturated heterocycles. The summed E-state index contributed by atoms with van der Waals surface area (Å²) in [7, 11) is 0. The zero-order chi connectivity index (χ0) is 99.1. The van der Waals surface area contributed by atoms with Crippen LogP contribution in [0.3, 0.4) is 0 Å². The van der Waals surface area contributed by atoms with E-state index >= 15 is 0 Å². The van der Waals surface area contributed by atoms with Gasteiger partial charge in [0.1, 0.15) is 0 Å². The fraction of sp³-hybridized carbons (Fsp3) is 0. The molecule has 4 aromatic heterocycles. The highest BCUT2D eigenvalue weighted by Crippen LogP contribution is 2.53. The number of nitrogens with zero attached hydrogens (tertiary/aromatic N) is 10. The first-order chi connectivity index (χ1) is 74.4. The Morgan fingerprint density at radius 1 is 0.120 bits per heavy atom. The van der Waals surface area contributed by atoms with Crippen LogP contribution in [0.15, 0.2) is 559 Å². The first-order valence-corrected chi connectivity index (χ1v) is 51.0. The van der Waals surface area contributed by atoms with Crippen molar-refractivity contribution in [2.24, 2.45) is 0 Å². The summed E-state index contributed by atoms with van der Waals surface area (Å²) in [5, 5.41) is 34.0. The van der Waals surface area contributed by atoms with Crippen LogP contribution in [0, 0.1) is 0 Å². The van der Waals surface area contributed by atoms with E-state index in [0.29, 0.717) is 0 Å². The summed E-state index contributed by atoms with van der Waals surface area (Å²) in [6, 6.07) is 188. The molecule has 0 amide bonds. The van der Waals surface area contributed by atoms with Gasteiger partial charge in [-0.15, -0.1) is 0 Å². The lowest BCUT2D eigenvalue weighted by Gasteiger charge is -2.28. The average Bonchev–Trinajstić information content (AvgIpc) is 0.729. The van der Waals surface area contributed by atoms with E-state index in [4.69, 9.17) is 9.97 Å². The molecule has 0 aliphatic carbocycles. The van der Waals surface area contributed by atoms with Gasteiger partial charge in [-0.05, 0) is 313 Å². The minimum absolute atomic E-state index is 0.973. The molecular formula is C140H92N10. The van der Waals surface area contributed by atoms with Gasteiger partial charge >= 0.3 is 0 Å². The molecule has 0 spiro atoms. The largest absolute Gasteiger partial charge is 0.310 e. The summed E-state index contributed by atoms with van der Waals surface area (Å²) >= 11 is 0. The second-order valence-corrected chi connectivity index (χ2v) is 38.5.